The normalized spacial score (nSPS) is 40.9. The molecule has 5 heteroatoms. The van der Waals surface area contributed by atoms with Gasteiger partial charge in [-0.1, -0.05) is 0 Å². The van der Waals surface area contributed by atoms with Gasteiger partial charge in [0.1, 0.15) is 18.3 Å². The highest BCUT2D eigenvalue weighted by molar-refractivity contribution is 6.18. The maximum absolute atomic E-state index is 9.17. The number of aliphatic hydroxyl groups excluding tert-OH is 3. The van der Waals surface area contributed by atoms with Crippen molar-refractivity contribution in [3.05, 3.63) is 0 Å². The predicted molar refractivity (Wildman–Crippen MR) is 38.5 cm³/mol. The standard InChI is InChI=1S/C6H11ClO4/c7-1-3(8)6-5(10)4(9)2-11-6/h3-6,8-10H,1-2H2/t3-,4+,5-,6-/m1/s1. The van der Waals surface area contributed by atoms with Crippen molar-refractivity contribution in [2.45, 2.75) is 24.4 Å². The lowest BCUT2D eigenvalue weighted by molar-refractivity contribution is -0.0416. The molecule has 1 aliphatic rings. The Morgan fingerprint density at radius 3 is 2.55 bits per heavy atom. The molecule has 1 aliphatic heterocycles. The Kier molecular flexibility index (Phi) is 3.09. The molecule has 1 heterocycles. The molecule has 0 unspecified atom stereocenters. The van der Waals surface area contributed by atoms with E-state index in [9.17, 15) is 0 Å². The molecule has 11 heavy (non-hydrogen) atoms. The van der Waals surface area contributed by atoms with Crippen LogP contribution in [-0.2, 0) is 4.74 Å². The van der Waals surface area contributed by atoms with Crippen LogP contribution in [0.1, 0.15) is 0 Å². The van der Waals surface area contributed by atoms with Gasteiger partial charge >= 0.3 is 0 Å². The first-order valence-electron chi connectivity index (χ1n) is 3.38. The van der Waals surface area contributed by atoms with Crippen LogP contribution in [0.25, 0.3) is 0 Å². The summed E-state index contributed by atoms with van der Waals surface area (Å²) in [5.74, 6) is -0.00551. The molecule has 1 fully saturated rings. The van der Waals surface area contributed by atoms with Gasteiger partial charge in [0.2, 0.25) is 0 Å². The highest BCUT2D eigenvalue weighted by Gasteiger charge is 2.38. The van der Waals surface area contributed by atoms with Gasteiger partial charge in [0.05, 0.1) is 18.6 Å². The fraction of sp³-hybridized carbons (Fsp3) is 1.00. The van der Waals surface area contributed by atoms with Gasteiger partial charge in [-0.3, -0.25) is 0 Å². The summed E-state index contributed by atoms with van der Waals surface area (Å²) < 4.78 is 4.90. The van der Waals surface area contributed by atoms with Crippen molar-refractivity contribution in [3.8, 4) is 0 Å². The number of hydrogen-bond donors (Lipinski definition) is 3. The zero-order valence-electron chi connectivity index (χ0n) is 5.85. The van der Waals surface area contributed by atoms with Crippen LogP contribution in [0.3, 0.4) is 0 Å². The van der Waals surface area contributed by atoms with E-state index < -0.39 is 24.4 Å². The summed E-state index contributed by atoms with van der Waals surface area (Å²) in [7, 11) is 0. The summed E-state index contributed by atoms with van der Waals surface area (Å²) in [5.41, 5.74) is 0. The Morgan fingerprint density at radius 2 is 2.18 bits per heavy atom. The molecule has 1 rings (SSSR count). The maximum Gasteiger partial charge on any atom is 0.113 e. The minimum atomic E-state index is -1.02. The van der Waals surface area contributed by atoms with Gasteiger partial charge in [0, 0.05) is 0 Å². The van der Waals surface area contributed by atoms with E-state index in [2.05, 4.69) is 0 Å². The average Bonchev–Trinajstić information content (AvgIpc) is 2.32. The first-order valence-corrected chi connectivity index (χ1v) is 3.92. The van der Waals surface area contributed by atoms with Gasteiger partial charge in [-0.15, -0.1) is 11.6 Å². The van der Waals surface area contributed by atoms with E-state index in [-0.39, 0.29) is 12.5 Å². The van der Waals surface area contributed by atoms with Gasteiger partial charge < -0.3 is 20.1 Å². The van der Waals surface area contributed by atoms with E-state index in [0.717, 1.165) is 0 Å². The van der Waals surface area contributed by atoms with Crippen molar-refractivity contribution in [3.63, 3.8) is 0 Å². The van der Waals surface area contributed by atoms with Crippen LogP contribution in [0.2, 0.25) is 0 Å². The monoisotopic (exact) mass is 182 g/mol. The van der Waals surface area contributed by atoms with Crippen molar-refractivity contribution in [2.75, 3.05) is 12.5 Å². The molecule has 4 nitrogen and oxygen atoms in total. The van der Waals surface area contributed by atoms with Crippen molar-refractivity contribution in [1.29, 1.82) is 0 Å². The SMILES string of the molecule is O[C@H]1[C@@H]([C@H](O)CCl)OC[C@@H]1O. The minimum Gasteiger partial charge on any atom is -0.389 e. The van der Waals surface area contributed by atoms with Crippen molar-refractivity contribution in [1.82, 2.24) is 0 Å². The Labute approximate surface area is 69.4 Å². The highest BCUT2D eigenvalue weighted by atomic mass is 35.5. The summed E-state index contributed by atoms with van der Waals surface area (Å²) in [6, 6.07) is 0. The molecule has 0 radical (unpaired) electrons. The van der Waals surface area contributed by atoms with E-state index in [1.165, 1.54) is 0 Å². The molecule has 66 valence electrons. The Bertz CT molecular complexity index is 132. The minimum absolute atomic E-state index is 0.00551. The largest absolute Gasteiger partial charge is 0.389 e. The van der Waals surface area contributed by atoms with E-state index in [4.69, 9.17) is 31.7 Å². The first-order chi connectivity index (χ1) is 5.16. The van der Waals surface area contributed by atoms with Crippen molar-refractivity contribution < 1.29 is 20.1 Å². The topological polar surface area (TPSA) is 69.9 Å². The molecule has 0 aromatic heterocycles. The molecule has 1 saturated heterocycles. The van der Waals surface area contributed by atoms with Crippen LogP contribution in [0, 0.1) is 0 Å². The Hall–Kier alpha value is 0.130. The Morgan fingerprint density at radius 1 is 1.55 bits per heavy atom. The fourth-order valence-corrected chi connectivity index (χ4v) is 1.23. The van der Waals surface area contributed by atoms with Crippen molar-refractivity contribution >= 4 is 11.6 Å². The lowest BCUT2D eigenvalue weighted by atomic mass is 10.1. The molecule has 0 spiro atoms. The summed E-state index contributed by atoms with van der Waals surface area (Å²) in [6.07, 6.45) is -3.59. The van der Waals surface area contributed by atoms with Gasteiger partial charge in [-0.2, -0.15) is 0 Å². The van der Waals surface area contributed by atoms with E-state index in [0.29, 0.717) is 0 Å². The predicted octanol–water partition coefficient (Wildman–Crippen LogP) is -1.29. The van der Waals surface area contributed by atoms with Crippen LogP contribution < -0.4 is 0 Å². The summed E-state index contributed by atoms with van der Waals surface area (Å²) in [6.45, 7) is 0.0553. The fourth-order valence-electron chi connectivity index (χ4n) is 1.05. The van der Waals surface area contributed by atoms with Crippen molar-refractivity contribution in [2.24, 2.45) is 0 Å². The number of ether oxygens (including phenoxy) is 1. The average molecular weight is 183 g/mol. The summed E-state index contributed by atoms with van der Waals surface area (Å²) in [4.78, 5) is 0. The lowest BCUT2D eigenvalue weighted by Gasteiger charge is -2.18. The van der Waals surface area contributed by atoms with E-state index >= 15 is 0 Å². The van der Waals surface area contributed by atoms with Crippen LogP contribution in [0.4, 0.5) is 0 Å². The lowest BCUT2D eigenvalue weighted by Crippen LogP contribution is -2.39. The smallest absolute Gasteiger partial charge is 0.113 e. The number of hydrogen-bond acceptors (Lipinski definition) is 4. The van der Waals surface area contributed by atoms with Crippen LogP contribution in [0.15, 0.2) is 0 Å². The van der Waals surface area contributed by atoms with Gasteiger partial charge in [-0.25, -0.2) is 0 Å². The summed E-state index contributed by atoms with van der Waals surface area (Å²) >= 11 is 5.32. The molecule has 0 amide bonds. The third-order valence-corrected chi connectivity index (χ3v) is 2.04. The second-order valence-electron chi connectivity index (χ2n) is 2.58. The number of aliphatic hydroxyl groups is 3. The molecule has 0 aromatic carbocycles. The molecule has 4 atom stereocenters. The highest BCUT2D eigenvalue weighted by Crippen LogP contribution is 2.17. The Balaban J connectivity index is 2.47. The second-order valence-corrected chi connectivity index (χ2v) is 2.89. The zero-order chi connectivity index (χ0) is 8.43. The number of alkyl halides is 1. The second kappa shape index (κ2) is 3.69. The van der Waals surface area contributed by atoms with E-state index in [1.54, 1.807) is 0 Å². The maximum atomic E-state index is 9.17. The quantitative estimate of drug-likeness (QED) is 0.465. The van der Waals surface area contributed by atoms with Gasteiger partial charge in [0.25, 0.3) is 0 Å². The van der Waals surface area contributed by atoms with Crippen LogP contribution >= 0.6 is 11.6 Å². The molecule has 0 saturated carbocycles. The summed E-state index contributed by atoms with van der Waals surface area (Å²) in [5, 5.41) is 27.3. The molecule has 0 aliphatic carbocycles. The molecular formula is C6H11ClO4. The molecule has 0 aromatic rings. The zero-order valence-corrected chi connectivity index (χ0v) is 6.61. The van der Waals surface area contributed by atoms with Crippen LogP contribution in [0.5, 0.6) is 0 Å². The molecule has 0 bridgehead atoms. The van der Waals surface area contributed by atoms with E-state index in [1.807, 2.05) is 0 Å². The van der Waals surface area contributed by atoms with Gasteiger partial charge in [-0.05, 0) is 0 Å². The first kappa shape index (κ1) is 9.22. The van der Waals surface area contributed by atoms with Crippen LogP contribution in [-0.4, -0.2) is 52.2 Å². The molecule has 3 N–H and O–H groups in total. The third-order valence-electron chi connectivity index (χ3n) is 1.73. The molecular weight excluding hydrogens is 172 g/mol. The number of halogens is 1. The third kappa shape index (κ3) is 1.83. The number of rotatable bonds is 2. The van der Waals surface area contributed by atoms with Gasteiger partial charge in [0.15, 0.2) is 0 Å².